The summed E-state index contributed by atoms with van der Waals surface area (Å²) < 4.78 is 5.79. The molecule has 146 valence electrons. The number of benzene rings is 1. The van der Waals surface area contributed by atoms with Crippen molar-refractivity contribution in [1.29, 1.82) is 0 Å². The normalized spacial score (nSPS) is 16.8. The van der Waals surface area contributed by atoms with Gasteiger partial charge >= 0.3 is 0 Å². The number of nitrogens with one attached hydrogen (secondary N) is 1. The Morgan fingerprint density at radius 2 is 2.08 bits per heavy atom. The third-order valence-electron chi connectivity index (χ3n) is 4.27. The van der Waals surface area contributed by atoms with Crippen molar-refractivity contribution < 1.29 is 14.3 Å². The van der Waals surface area contributed by atoms with E-state index in [4.69, 9.17) is 10.5 Å². The summed E-state index contributed by atoms with van der Waals surface area (Å²) in [7, 11) is 0. The minimum atomic E-state index is -0.147. The number of likely N-dealkylation sites (tertiary alicyclic amines) is 1. The van der Waals surface area contributed by atoms with Crippen LogP contribution in [0.3, 0.4) is 0 Å². The fraction of sp³-hybridized carbons (Fsp3) is 0.579. The zero-order chi connectivity index (χ0) is 18.2. The lowest BCUT2D eigenvalue weighted by atomic mass is 9.96. The van der Waals surface area contributed by atoms with E-state index < -0.39 is 0 Å². The molecule has 1 atom stereocenters. The van der Waals surface area contributed by atoms with Crippen molar-refractivity contribution in [2.75, 3.05) is 26.2 Å². The van der Waals surface area contributed by atoms with Crippen LogP contribution in [0.2, 0.25) is 0 Å². The number of piperidine rings is 1. The molecule has 0 saturated carbocycles. The van der Waals surface area contributed by atoms with Crippen LogP contribution in [0.25, 0.3) is 0 Å². The molecule has 0 bridgehead atoms. The second-order valence-corrected chi connectivity index (χ2v) is 6.71. The quantitative estimate of drug-likeness (QED) is 0.751. The number of nitrogens with two attached hydrogens (primary N) is 1. The molecule has 0 aromatic heterocycles. The Hall–Kier alpha value is -1.79. The van der Waals surface area contributed by atoms with Crippen molar-refractivity contribution in [3.05, 3.63) is 29.8 Å². The predicted molar refractivity (Wildman–Crippen MR) is 105 cm³/mol. The largest absolute Gasteiger partial charge is 0.491 e. The van der Waals surface area contributed by atoms with Crippen LogP contribution < -0.4 is 15.8 Å². The summed E-state index contributed by atoms with van der Waals surface area (Å²) in [5.74, 6) is 0.633. The minimum Gasteiger partial charge on any atom is -0.491 e. The highest BCUT2D eigenvalue weighted by atomic mass is 35.5. The molecule has 3 N–H and O–H groups in total. The van der Waals surface area contributed by atoms with E-state index in [2.05, 4.69) is 5.32 Å². The standard InChI is InChI=1S/C19H29N3O3.ClH/c1-14(2)25-17-8-4-3-6-15(17)12-18(23)22-11-5-7-16(13-22)19(24)21-10-9-20;/h3-4,6,8,14,16H,5,7,9-13,20H2,1-2H3,(H,21,24);1H. The van der Waals surface area contributed by atoms with Gasteiger partial charge in [-0.05, 0) is 32.8 Å². The highest BCUT2D eigenvalue weighted by Crippen LogP contribution is 2.22. The summed E-state index contributed by atoms with van der Waals surface area (Å²) in [6, 6.07) is 7.63. The zero-order valence-electron chi connectivity index (χ0n) is 15.6. The van der Waals surface area contributed by atoms with Crippen LogP contribution in [0, 0.1) is 5.92 Å². The Morgan fingerprint density at radius 1 is 1.35 bits per heavy atom. The topological polar surface area (TPSA) is 84.7 Å². The van der Waals surface area contributed by atoms with Gasteiger partial charge in [0.2, 0.25) is 11.8 Å². The number of rotatable bonds is 7. The molecule has 1 aliphatic rings. The first-order valence-electron chi connectivity index (χ1n) is 9.01. The fourth-order valence-corrected chi connectivity index (χ4v) is 3.05. The Labute approximate surface area is 161 Å². The van der Waals surface area contributed by atoms with Crippen molar-refractivity contribution in [2.45, 2.75) is 39.2 Å². The smallest absolute Gasteiger partial charge is 0.227 e. The number of amides is 2. The molecule has 1 aromatic rings. The molecule has 0 aliphatic carbocycles. The molecule has 0 radical (unpaired) electrons. The van der Waals surface area contributed by atoms with Crippen molar-refractivity contribution in [3.63, 3.8) is 0 Å². The van der Waals surface area contributed by atoms with E-state index in [9.17, 15) is 9.59 Å². The Bertz CT molecular complexity index is 595. The van der Waals surface area contributed by atoms with Gasteiger partial charge in [0.15, 0.2) is 0 Å². The first-order chi connectivity index (χ1) is 12.0. The molecule has 2 amide bonds. The number of carbonyl (C=O) groups excluding carboxylic acids is 2. The highest BCUT2D eigenvalue weighted by molar-refractivity contribution is 5.85. The predicted octanol–water partition coefficient (Wildman–Crippen LogP) is 1.75. The number of halogens is 1. The van der Waals surface area contributed by atoms with E-state index in [0.717, 1.165) is 24.2 Å². The van der Waals surface area contributed by atoms with Gasteiger partial charge in [0.05, 0.1) is 18.4 Å². The highest BCUT2D eigenvalue weighted by Gasteiger charge is 2.28. The van der Waals surface area contributed by atoms with Crippen LogP contribution in [-0.4, -0.2) is 49.0 Å². The summed E-state index contributed by atoms with van der Waals surface area (Å²) >= 11 is 0. The van der Waals surface area contributed by atoms with Gasteiger partial charge in [-0.2, -0.15) is 0 Å². The molecule has 26 heavy (non-hydrogen) atoms. The molecule has 0 spiro atoms. The fourth-order valence-electron chi connectivity index (χ4n) is 3.05. The van der Waals surface area contributed by atoms with Crippen LogP contribution in [-0.2, 0) is 16.0 Å². The van der Waals surface area contributed by atoms with Crippen LogP contribution in [0.4, 0.5) is 0 Å². The first-order valence-corrected chi connectivity index (χ1v) is 9.01. The molecule has 7 heteroatoms. The summed E-state index contributed by atoms with van der Waals surface area (Å²) in [5.41, 5.74) is 6.31. The third kappa shape index (κ3) is 6.50. The molecule has 1 aliphatic heterocycles. The average molecular weight is 384 g/mol. The van der Waals surface area contributed by atoms with Gasteiger partial charge in [0.1, 0.15) is 5.75 Å². The number of nitrogens with zero attached hydrogens (tertiary/aromatic N) is 1. The van der Waals surface area contributed by atoms with Crippen LogP contribution in [0.5, 0.6) is 5.75 Å². The van der Waals surface area contributed by atoms with E-state index in [1.54, 1.807) is 4.90 Å². The average Bonchev–Trinajstić information content (AvgIpc) is 2.61. The van der Waals surface area contributed by atoms with Crippen LogP contribution in [0.1, 0.15) is 32.3 Å². The van der Waals surface area contributed by atoms with Crippen LogP contribution in [0.15, 0.2) is 24.3 Å². The molecule has 6 nitrogen and oxygen atoms in total. The monoisotopic (exact) mass is 383 g/mol. The van der Waals surface area contributed by atoms with E-state index in [1.165, 1.54) is 0 Å². The van der Waals surface area contributed by atoms with Gasteiger partial charge in [-0.25, -0.2) is 0 Å². The molecular weight excluding hydrogens is 354 g/mol. The van der Waals surface area contributed by atoms with E-state index in [0.29, 0.717) is 32.6 Å². The zero-order valence-corrected chi connectivity index (χ0v) is 16.4. The van der Waals surface area contributed by atoms with Gasteiger partial charge in [0.25, 0.3) is 0 Å². The molecule has 1 aromatic carbocycles. The summed E-state index contributed by atoms with van der Waals surface area (Å²) in [6.07, 6.45) is 2.01. The van der Waals surface area contributed by atoms with Crippen LogP contribution >= 0.6 is 12.4 Å². The van der Waals surface area contributed by atoms with Crippen molar-refractivity contribution >= 4 is 24.2 Å². The maximum atomic E-state index is 12.7. The van der Waals surface area contributed by atoms with E-state index in [-0.39, 0.29) is 36.2 Å². The number of hydrogen-bond acceptors (Lipinski definition) is 4. The number of carbonyl (C=O) groups is 2. The number of para-hydroxylation sites is 1. The van der Waals surface area contributed by atoms with E-state index >= 15 is 0 Å². The van der Waals surface area contributed by atoms with Gasteiger partial charge in [-0.15, -0.1) is 12.4 Å². The lowest BCUT2D eigenvalue weighted by Gasteiger charge is -2.32. The Balaban J connectivity index is 0.00000338. The molecule has 1 unspecified atom stereocenters. The Morgan fingerprint density at radius 3 is 2.77 bits per heavy atom. The maximum absolute atomic E-state index is 12.7. The molecule has 2 rings (SSSR count). The summed E-state index contributed by atoms with van der Waals surface area (Å²) in [5, 5.41) is 2.82. The van der Waals surface area contributed by atoms with E-state index in [1.807, 2.05) is 38.1 Å². The first kappa shape index (κ1) is 22.3. The minimum absolute atomic E-state index is 0. The lowest BCUT2D eigenvalue weighted by molar-refractivity contribution is -0.135. The summed E-state index contributed by atoms with van der Waals surface area (Å²) in [6.45, 7) is 6.01. The summed E-state index contributed by atoms with van der Waals surface area (Å²) in [4.78, 5) is 26.6. The SMILES string of the molecule is CC(C)Oc1ccccc1CC(=O)N1CCCC(C(=O)NCCN)C1.Cl. The second kappa shape index (κ2) is 11.0. The van der Waals surface area contributed by atoms with Gasteiger partial charge in [0, 0.05) is 31.7 Å². The van der Waals surface area contributed by atoms with Gasteiger partial charge in [-0.1, -0.05) is 18.2 Å². The Kier molecular flexibility index (Phi) is 9.44. The molecule has 1 heterocycles. The van der Waals surface area contributed by atoms with Crippen molar-refractivity contribution in [3.8, 4) is 5.75 Å². The maximum Gasteiger partial charge on any atom is 0.227 e. The van der Waals surface area contributed by atoms with Crippen molar-refractivity contribution in [1.82, 2.24) is 10.2 Å². The molecule has 1 fully saturated rings. The third-order valence-corrected chi connectivity index (χ3v) is 4.27. The van der Waals surface area contributed by atoms with Crippen molar-refractivity contribution in [2.24, 2.45) is 11.7 Å². The number of ether oxygens (including phenoxy) is 1. The number of hydrogen-bond donors (Lipinski definition) is 2. The lowest BCUT2D eigenvalue weighted by Crippen LogP contribution is -2.46. The van der Waals surface area contributed by atoms with Gasteiger partial charge in [-0.3, -0.25) is 9.59 Å². The van der Waals surface area contributed by atoms with Gasteiger partial charge < -0.3 is 20.7 Å². The molecular formula is C19H30ClN3O3. The second-order valence-electron chi connectivity index (χ2n) is 6.71. The molecule has 1 saturated heterocycles.